The summed E-state index contributed by atoms with van der Waals surface area (Å²) in [6.45, 7) is 0. The van der Waals surface area contributed by atoms with Crippen LogP contribution in [0.4, 0.5) is 4.39 Å². The van der Waals surface area contributed by atoms with Gasteiger partial charge in [0.15, 0.2) is 0 Å². The molecule has 1 aromatic heterocycles. The summed E-state index contributed by atoms with van der Waals surface area (Å²) < 4.78 is 13.6. The van der Waals surface area contributed by atoms with E-state index in [0.29, 0.717) is 15.9 Å². The van der Waals surface area contributed by atoms with Crippen molar-refractivity contribution in [3.63, 3.8) is 0 Å². The van der Waals surface area contributed by atoms with Crippen molar-refractivity contribution in [2.75, 3.05) is 0 Å². The summed E-state index contributed by atoms with van der Waals surface area (Å²) in [5.41, 5.74) is 0.318. The van der Waals surface area contributed by atoms with E-state index in [9.17, 15) is 9.50 Å². The molecule has 3 nitrogen and oxygen atoms in total. The zero-order valence-corrected chi connectivity index (χ0v) is 10.6. The number of phenolic OH excluding ortho intramolecular Hbond substituents is 1. The fourth-order valence-electron chi connectivity index (χ4n) is 1.73. The highest BCUT2D eigenvalue weighted by molar-refractivity contribution is 7.99. The average Bonchev–Trinajstić information content (AvgIpc) is 2.43. The number of benzene rings is 2. The molecule has 0 fully saturated rings. The van der Waals surface area contributed by atoms with Gasteiger partial charge in [-0.3, -0.25) is 0 Å². The van der Waals surface area contributed by atoms with E-state index in [1.165, 1.54) is 24.2 Å². The van der Waals surface area contributed by atoms with Gasteiger partial charge in [-0.1, -0.05) is 17.8 Å². The van der Waals surface area contributed by atoms with Crippen molar-refractivity contribution in [3.05, 3.63) is 54.6 Å². The van der Waals surface area contributed by atoms with Crippen LogP contribution in [0.3, 0.4) is 0 Å². The van der Waals surface area contributed by atoms with E-state index in [0.717, 1.165) is 4.90 Å². The van der Waals surface area contributed by atoms with Gasteiger partial charge in [0.1, 0.15) is 28.4 Å². The van der Waals surface area contributed by atoms with E-state index in [4.69, 9.17) is 0 Å². The Morgan fingerprint density at radius 3 is 2.58 bits per heavy atom. The summed E-state index contributed by atoms with van der Waals surface area (Å²) in [6, 6.07) is 11.6. The number of rotatable bonds is 2. The second-order valence-electron chi connectivity index (χ2n) is 3.91. The summed E-state index contributed by atoms with van der Waals surface area (Å²) in [5, 5.41) is 10.6. The number of aromatic hydroxyl groups is 1. The molecule has 3 aromatic rings. The van der Waals surface area contributed by atoms with E-state index in [-0.39, 0.29) is 11.6 Å². The molecular weight excluding hydrogens is 263 g/mol. The van der Waals surface area contributed by atoms with E-state index in [2.05, 4.69) is 9.97 Å². The largest absolute Gasteiger partial charge is 0.508 e. The number of nitrogens with zero attached hydrogens (tertiary/aromatic N) is 2. The lowest BCUT2D eigenvalue weighted by Crippen LogP contribution is -1.89. The minimum absolute atomic E-state index is 0.211. The maximum Gasteiger partial charge on any atom is 0.149 e. The molecule has 1 N–H and O–H groups in total. The fourth-order valence-corrected chi connectivity index (χ4v) is 2.60. The monoisotopic (exact) mass is 272 g/mol. The normalized spacial score (nSPS) is 10.8. The van der Waals surface area contributed by atoms with Gasteiger partial charge >= 0.3 is 0 Å². The first kappa shape index (κ1) is 11.9. The molecule has 0 atom stereocenters. The molecule has 0 unspecified atom stereocenters. The van der Waals surface area contributed by atoms with Crippen LogP contribution in [0.1, 0.15) is 0 Å². The number of hydrogen-bond donors (Lipinski definition) is 1. The number of hydrogen-bond acceptors (Lipinski definition) is 4. The zero-order valence-electron chi connectivity index (χ0n) is 9.75. The van der Waals surface area contributed by atoms with Crippen molar-refractivity contribution in [1.82, 2.24) is 9.97 Å². The smallest absolute Gasteiger partial charge is 0.149 e. The van der Waals surface area contributed by atoms with Crippen molar-refractivity contribution in [2.24, 2.45) is 0 Å². The third-order valence-electron chi connectivity index (χ3n) is 2.63. The number of para-hydroxylation sites is 1. The minimum atomic E-state index is -0.354. The molecular formula is C14H9FN2OS. The highest BCUT2D eigenvalue weighted by Gasteiger charge is 2.08. The molecule has 5 heteroatoms. The molecule has 0 saturated carbocycles. The molecule has 0 aliphatic carbocycles. The second kappa shape index (κ2) is 4.85. The Bertz CT molecular complexity index is 731. The Hall–Kier alpha value is -2.14. The van der Waals surface area contributed by atoms with E-state index >= 15 is 0 Å². The van der Waals surface area contributed by atoms with Crippen molar-refractivity contribution >= 4 is 22.7 Å². The Balaban J connectivity index is 2.06. The van der Waals surface area contributed by atoms with E-state index in [1.54, 1.807) is 36.4 Å². The first-order chi connectivity index (χ1) is 9.24. The van der Waals surface area contributed by atoms with Crippen LogP contribution < -0.4 is 0 Å². The van der Waals surface area contributed by atoms with Crippen LogP contribution in [-0.2, 0) is 0 Å². The average molecular weight is 272 g/mol. The Kier molecular flexibility index (Phi) is 3.05. The quantitative estimate of drug-likeness (QED) is 0.724. The molecule has 0 bridgehead atoms. The molecule has 3 rings (SSSR count). The van der Waals surface area contributed by atoms with Crippen LogP contribution in [0, 0.1) is 5.82 Å². The topological polar surface area (TPSA) is 46.0 Å². The summed E-state index contributed by atoms with van der Waals surface area (Å²) in [7, 11) is 0. The molecule has 0 spiro atoms. The van der Waals surface area contributed by atoms with Gasteiger partial charge in [0.2, 0.25) is 0 Å². The van der Waals surface area contributed by atoms with Crippen LogP contribution in [0.2, 0.25) is 0 Å². The first-order valence-corrected chi connectivity index (χ1v) is 6.42. The Morgan fingerprint density at radius 2 is 1.79 bits per heavy atom. The lowest BCUT2D eigenvalue weighted by atomic mass is 10.2. The Morgan fingerprint density at radius 1 is 1.00 bits per heavy atom. The summed E-state index contributed by atoms with van der Waals surface area (Å²) >= 11 is 1.41. The van der Waals surface area contributed by atoms with Crippen LogP contribution in [0.5, 0.6) is 5.75 Å². The lowest BCUT2D eigenvalue weighted by Gasteiger charge is -2.05. The molecule has 2 aromatic carbocycles. The number of halogens is 1. The maximum absolute atomic E-state index is 13.6. The SMILES string of the molecule is Oc1ccc(Sc2ncnc3c(F)cccc23)cc1. The third-order valence-corrected chi connectivity index (χ3v) is 3.66. The zero-order chi connectivity index (χ0) is 13.2. The molecule has 0 aliphatic heterocycles. The van der Waals surface area contributed by atoms with Crippen molar-refractivity contribution in [2.45, 2.75) is 9.92 Å². The summed E-state index contributed by atoms with van der Waals surface area (Å²) in [6.07, 6.45) is 1.36. The number of fused-ring (bicyclic) bond motifs is 1. The fraction of sp³-hybridized carbons (Fsp3) is 0. The number of phenols is 1. The third kappa shape index (κ3) is 2.37. The predicted molar refractivity (Wildman–Crippen MR) is 71.7 cm³/mol. The minimum Gasteiger partial charge on any atom is -0.508 e. The van der Waals surface area contributed by atoms with Gasteiger partial charge in [0, 0.05) is 10.3 Å². The van der Waals surface area contributed by atoms with Crippen LogP contribution >= 0.6 is 11.8 Å². The van der Waals surface area contributed by atoms with Crippen LogP contribution in [0.15, 0.2) is 58.7 Å². The van der Waals surface area contributed by atoms with Gasteiger partial charge < -0.3 is 5.11 Å². The van der Waals surface area contributed by atoms with Crippen molar-refractivity contribution in [3.8, 4) is 5.75 Å². The molecule has 0 saturated heterocycles. The lowest BCUT2D eigenvalue weighted by molar-refractivity contribution is 0.475. The van der Waals surface area contributed by atoms with Crippen LogP contribution in [0.25, 0.3) is 10.9 Å². The first-order valence-electron chi connectivity index (χ1n) is 5.60. The van der Waals surface area contributed by atoms with Gasteiger partial charge in [-0.15, -0.1) is 0 Å². The summed E-state index contributed by atoms with van der Waals surface area (Å²) in [4.78, 5) is 9.06. The molecule has 0 aliphatic rings. The number of aromatic nitrogens is 2. The second-order valence-corrected chi connectivity index (χ2v) is 4.97. The van der Waals surface area contributed by atoms with Crippen LogP contribution in [-0.4, -0.2) is 15.1 Å². The Labute approximate surface area is 113 Å². The highest BCUT2D eigenvalue weighted by Crippen LogP contribution is 2.32. The van der Waals surface area contributed by atoms with Gasteiger partial charge in [0.05, 0.1) is 0 Å². The van der Waals surface area contributed by atoms with E-state index in [1.807, 2.05) is 0 Å². The summed E-state index contributed by atoms with van der Waals surface area (Å²) in [5.74, 6) is -0.143. The van der Waals surface area contributed by atoms with Crippen molar-refractivity contribution in [1.29, 1.82) is 0 Å². The standard InChI is InChI=1S/C14H9FN2OS/c15-12-3-1-2-11-13(12)16-8-17-14(11)19-10-6-4-9(18)5-7-10/h1-8,18H. The molecule has 0 radical (unpaired) electrons. The maximum atomic E-state index is 13.6. The van der Waals surface area contributed by atoms with E-state index < -0.39 is 0 Å². The molecule has 19 heavy (non-hydrogen) atoms. The van der Waals surface area contributed by atoms with Gasteiger partial charge in [-0.2, -0.15) is 0 Å². The van der Waals surface area contributed by atoms with Gasteiger partial charge in [0.25, 0.3) is 0 Å². The molecule has 94 valence electrons. The molecule has 1 heterocycles. The molecule has 0 amide bonds. The highest BCUT2D eigenvalue weighted by atomic mass is 32.2. The van der Waals surface area contributed by atoms with Gasteiger partial charge in [-0.25, -0.2) is 14.4 Å². The van der Waals surface area contributed by atoms with Gasteiger partial charge in [-0.05, 0) is 36.4 Å². The predicted octanol–water partition coefficient (Wildman–Crippen LogP) is 3.63. The van der Waals surface area contributed by atoms with Crippen molar-refractivity contribution < 1.29 is 9.50 Å².